The molecule has 2 N–H and O–H groups in total. The molecule has 0 bridgehead atoms. The van der Waals surface area contributed by atoms with E-state index in [1.807, 2.05) is 6.07 Å². The van der Waals surface area contributed by atoms with Crippen LogP contribution in [-0.4, -0.2) is 62.0 Å². The summed E-state index contributed by atoms with van der Waals surface area (Å²) < 4.78 is 31.6. The third-order valence-electron chi connectivity index (χ3n) is 6.81. The van der Waals surface area contributed by atoms with E-state index in [0.29, 0.717) is 13.2 Å². The predicted octanol–water partition coefficient (Wildman–Crippen LogP) is 2.27. The van der Waals surface area contributed by atoms with E-state index >= 15 is 0 Å². The van der Waals surface area contributed by atoms with Crippen LogP contribution in [0.5, 0.6) is 5.75 Å². The van der Waals surface area contributed by atoms with Crippen LogP contribution >= 0.6 is 0 Å². The highest BCUT2D eigenvalue weighted by Crippen LogP contribution is 2.40. The predicted molar refractivity (Wildman–Crippen MR) is 116 cm³/mol. The molecule has 2 heterocycles. The lowest BCUT2D eigenvalue weighted by Gasteiger charge is -2.39. The molecule has 1 amide bonds. The van der Waals surface area contributed by atoms with Crippen molar-refractivity contribution in [1.82, 2.24) is 10.6 Å². The summed E-state index contributed by atoms with van der Waals surface area (Å²) in [5, 5.41) is 6.68. The van der Waals surface area contributed by atoms with Gasteiger partial charge in [-0.05, 0) is 51.0 Å². The normalized spacial score (nSPS) is 32.4. The van der Waals surface area contributed by atoms with Gasteiger partial charge in [-0.1, -0.05) is 12.1 Å². The number of amides is 1. The molecule has 0 radical (unpaired) electrons. The Bertz CT molecular complexity index is 866. The van der Waals surface area contributed by atoms with Crippen molar-refractivity contribution in [3.63, 3.8) is 0 Å². The number of hydrogen-bond acceptors (Lipinski definition) is 6. The molecule has 3 atom stereocenters. The van der Waals surface area contributed by atoms with E-state index in [-0.39, 0.29) is 49.0 Å². The lowest BCUT2D eigenvalue weighted by Crippen LogP contribution is -2.64. The summed E-state index contributed by atoms with van der Waals surface area (Å²) in [5.41, 5.74) is 0.436. The zero-order chi connectivity index (χ0) is 22.6. The average molecular weight is 447 g/mol. The molecule has 174 valence electrons. The molecular weight excluding hydrogens is 415 g/mol. The molecule has 1 aliphatic carbocycles. The fourth-order valence-electron chi connectivity index (χ4n) is 5.36. The van der Waals surface area contributed by atoms with Gasteiger partial charge in [0.25, 0.3) is 0 Å². The van der Waals surface area contributed by atoms with Crippen molar-refractivity contribution in [1.29, 1.82) is 0 Å². The van der Waals surface area contributed by atoms with Crippen LogP contribution in [0.25, 0.3) is 0 Å². The van der Waals surface area contributed by atoms with Crippen LogP contribution in [0, 0.1) is 5.82 Å². The Hall–Kier alpha value is -2.25. The maximum Gasteiger partial charge on any atom is 0.246 e. The Morgan fingerprint density at radius 1 is 1.31 bits per heavy atom. The molecule has 7 nitrogen and oxygen atoms in total. The van der Waals surface area contributed by atoms with Gasteiger partial charge in [0.05, 0.1) is 30.9 Å². The number of carbonyl (C=O) groups excluding carboxylic acids is 2. The molecule has 2 aliphatic heterocycles. The molecule has 0 aromatic heterocycles. The highest BCUT2D eigenvalue weighted by molar-refractivity contribution is 5.79. The van der Waals surface area contributed by atoms with Crippen molar-refractivity contribution in [3.05, 3.63) is 35.7 Å². The quantitative estimate of drug-likeness (QED) is 0.625. The molecule has 8 heteroatoms. The Balaban J connectivity index is 1.32. The zero-order valence-electron chi connectivity index (χ0n) is 18.4. The van der Waals surface area contributed by atoms with Crippen molar-refractivity contribution in [3.8, 4) is 5.75 Å². The van der Waals surface area contributed by atoms with Crippen LogP contribution in [0.3, 0.4) is 0 Å². The molecule has 2 saturated heterocycles. The van der Waals surface area contributed by atoms with E-state index in [1.54, 1.807) is 12.0 Å². The fraction of sp³-hybridized carbons (Fsp3) is 0.625. The number of morpholine rings is 1. The summed E-state index contributed by atoms with van der Waals surface area (Å²) in [7, 11) is 0. The minimum absolute atomic E-state index is 0.00467. The van der Waals surface area contributed by atoms with E-state index in [9.17, 15) is 14.0 Å². The number of benzene rings is 1. The first-order valence-electron chi connectivity index (χ1n) is 11.4. The number of carbonyl (C=O) groups is 1. The molecule has 1 saturated carbocycles. The summed E-state index contributed by atoms with van der Waals surface area (Å²) in [6, 6.07) is 5.25. The minimum Gasteiger partial charge on any atom is -0.485 e. The van der Waals surface area contributed by atoms with Gasteiger partial charge in [0, 0.05) is 17.7 Å². The average Bonchev–Trinajstić information content (AvgIpc) is 3.07. The molecule has 32 heavy (non-hydrogen) atoms. The standard InChI is InChI=1S/C24H31FN2O5/c1-16-12-24(15-30-14-22(29)27-24)21(26-16)13-32-18-8-6-17(7-9-18)19-4-2-5-20(25)23(19)31-11-3-10-28/h2-5,16-18,21,26H,6-9,11-15H2,1H3,(H,27,29)/t16-,17?,18?,21?,24?/m1/s1. The molecular formula is C24H31FN2O5. The van der Waals surface area contributed by atoms with Gasteiger partial charge in [0.15, 0.2) is 11.6 Å². The van der Waals surface area contributed by atoms with E-state index in [2.05, 4.69) is 17.6 Å². The largest absolute Gasteiger partial charge is 0.485 e. The van der Waals surface area contributed by atoms with Crippen molar-refractivity contribution in [2.45, 2.75) is 68.7 Å². The Kier molecular flexibility index (Phi) is 7.26. The van der Waals surface area contributed by atoms with E-state index in [1.165, 1.54) is 12.1 Å². The van der Waals surface area contributed by atoms with Gasteiger partial charge in [-0.3, -0.25) is 4.79 Å². The number of hydrogen-bond donors (Lipinski definition) is 2. The van der Waals surface area contributed by atoms with Crippen molar-refractivity contribution in [2.75, 3.05) is 26.4 Å². The van der Waals surface area contributed by atoms with Crippen LogP contribution in [0.15, 0.2) is 24.3 Å². The summed E-state index contributed by atoms with van der Waals surface area (Å²) >= 11 is 0. The van der Waals surface area contributed by atoms with E-state index in [0.717, 1.165) is 37.7 Å². The lowest BCUT2D eigenvalue weighted by atomic mass is 9.82. The summed E-state index contributed by atoms with van der Waals surface area (Å²) in [6.07, 6.45) is 5.62. The smallest absolute Gasteiger partial charge is 0.246 e. The Morgan fingerprint density at radius 2 is 2.12 bits per heavy atom. The molecule has 1 aromatic rings. The van der Waals surface area contributed by atoms with Crippen LogP contribution in [0.2, 0.25) is 0 Å². The summed E-state index contributed by atoms with van der Waals surface area (Å²) in [6.45, 7) is 3.24. The van der Waals surface area contributed by atoms with Gasteiger partial charge in [0.1, 0.15) is 19.2 Å². The summed E-state index contributed by atoms with van der Waals surface area (Å²) in [4.78, 5) is 22.3. The number of halogens is 1. The van der Waals surface area contributed by atoms with Crippen LogP contribution in [0.1, 0.15) is 50.5 Å². The first kappa shape index (κ1) is 22.9. The monoisotopic (exact) mass is 446 g/mol. The lowest BCUT2D eigenvalue weighted by molar-refractivity contribution is -0.136. The fourth-order valence-corrected chi connectivity index (χ4v) is 5.36. The van der Waals surface area contributed by atoms with Crippen LogP contribution in [-0.2, 0) is 19.1 Å². The maximum atomic E-state index is 14.3. The maximum absolute atomic E-state index is 14.3. The number of ether oxygens (including phenoxy) is 3. The van der Waals surface area contributed by atoms with E-state index in [4.69, 9.17) is 14.2 Å². The highest BCUT2D eigenvalue weighted by atomic mass is 19.1. The SMILES string of the molecule is C[C@@H]1CC2(COCC(=O)N2)C(COC2CCC(c3cccc(F)c3OCC=C=O)CC2)N1. The molecule has 3 fully saturated rings. The Morgan fingerprint density at radius 3 is 2.88 bits per heavy atom. The van der Waals surface area contributed by atoms with Gasteiger partial charge in [-0.2, -0.15) is 0 Å². The second kappa shape index (κ2) is 10.1. The zero-order valence-corrected chi connectivity index (χ0v) is 18.4. The van der Waals surface area contributed by atoms with Gasteiger partial charge < -0.3 is 24.8 Å². The molecule has 1 aromatic carbocycles. The number of para-hydroxylation sites is 1. The minimum atomic E-state index is -0.413. The van der Waals surface area contributed by atoms with Crippen LogP contribution < -0.4 is 15.4 Å². The topological polar surface area (TPSA) is 85.9 Å². The van der Waals surface area contributed by atoms with Gasteiger partial charge >= 0.3 is 0 Å². The first-order chi connectivity index (χ1) is 15.5. The third kappa shape index (κ3) is 5.04. The van der Waals surface area contributed by atoms with Crippen LogP contribution in [0.4, 0.5) is 4.39 Å². The second-order valence-corrected chi connectivity index (χ2v) is 9.12. The summed E-state index contributed by atoms with van der Waals surface area (Å²) in [5.74, 6) is 1.57. The molecule has 4 rings (SSSR count). The van der Waals surface area contributed by atoms with Crippen molar-refractivity contribution >= 4 is 11.8 Å². The first-order valence-corrected chi connectivity index (χ1v) is 11.4. The Labute approximate surface area is 187 Å². The van der Waals surface area contributed by atoms with Gasteiger partial charge in [0.2, 0.25) is 5.91 Å². The molecule has 3 aliphatic rings. The van der Waals surface area contributed by atoms with E-state index < -0.39 is 11.4 Å². The van der Waals surface area contributed by atoms with Gasteiger partial charge in [-0.25, -0.2) is 9.18 Å². The number of nitrogens with one attached hydrogen (secondary N) is 2. The molecule has 1 spiro atoms. The molecule has 2 unspecified atom stereocenters. The second-order valence-electron chi connectivity index (χ2n) is 9.12. The van der Waals surface area contributed by atoms with Gasteiger partial charge in [-0.15, -0.1) is 0 Å². The third-order valence-corrected chi connectivity index (χ3v) is 6.81. The number of rotatable bonds is 7. The van der Waals surface area contributed by atoms with Crippen molar-refractivity contribution < 1.29 is 28.2 Å². The highest BCUT2D eigenvalue weighted by Gasteiger charge is 2.49. The van der Waals surface area contributed by atoms with Crippen molar-refractivity contribution in [2.24, 2.45) is 0 Å².